The molecule has 10 aromatic rings. The van der Waals surface area contributed by atoms with E-state index in [1.54, 1.807) is 0 Å². The number of nitrogens with zero attached hydrogens (tertiary/aromatic N) is 1. The molecule has 0 aliphatic carbocycles. The Kier molecular flexibility index (Phi) is 7.68. The molecule has 0 saturated heterocycles. The molecule has 0 unspecified atom stereocenters. The number of hydrogen-bond donors (Lipinski definition) is 0. The molecular weight excluding hydrogens is 751 g/mol. The van der Waals surface area contributed by atoms with Gasteiger partial charge in [0.2, 0.25) is 0 Å². The van der Waals surface area contributed by atoms with Crippen LogP contribution in [0.2, 0.25) is 0 Å². The lowest BCUT2D eigenvalue weighted by molar-refractivity contribution is 0.435. The summed E-state index contributed by atoms with van der Waals surface area (Å²) in [5.74, 6) is 1.78. The van der Waals surface area contributed by atoms with Crippen LogP contribution in [0.25, 0.3) is 20.2 Å². The molecule has 2 nitrogen and oxygen atoms in total. The van der Waals surface area contributed by atoms with E-state index in [1.165, 1.54) is 57.7 Å². The summed E-state index contributed by atoms with van der Waals surface area (Å²) in [5.41, 5.74) is 7.64. The second kappa shape index (κ2) is 13.3. The van der Waals surface area contributed by atoms with Gasteiger partial charge in [-0.05, 0) is 80.4 Å². The van der Waals surface area contributed by atoms with E-state index in [2.05, 4.69) is 229 Å². The average Bonchev–Trinajstić information content (AvgIpc) is 3.70. The van der Waals surface area contributed by atoms with E-state index in [4.69, 9.17) is 4.74 Å². The van der Waals surface area contributed by atoms with Crippen LogP contribution in [-0.4, -0.2) is 8.07 Å². The number of para-hydroxylation sites is 3. The third-order valence-corrected chi connectivity index (χ3v) is 18.8. The molecule has 0 saturated carbocycles. The first kappa shape index (κ1) is 34.1. The topological polar surface area (TPSA) is 12.5 Å². The smallest absolute Gasteiger partial charge is 0.180 e. The summed E-state index contributed by atoms with van der Waals surface area (Å²) in [6, 6.07) is 83.3. The van der Waals surface area contributed by atoms with Gasteiger partial charge in [-0.15, -0.1) is 11.3 Å². The Morgan fingerprint density at radius 1 is 0.407 bits per heavy atom. The molecule has 12 rings (SSSR count). The van der Waals surface area contributed by atoms with Crippen LogP contribution in [0.1, 0.15) is 22.3 Å². The van der Waals surface area contributed by atoms with E-state index in [-0.39, 0.29) is 0 Å². The van der Waals surface area contributed by atoms with Crippen LogP contribution < -0.4 is 30.4 Å². The zero-order chi connectivity index (χ0) is 39.0. The Morgan fingerprint density at radius 3 is 1.64 bits per heavy atom. The number of fused-ring (bicyclic) bond motifs is 11. The highest BCUT2D eigenvalue weighted by molar-refractivity contribution is 7.26. The highest BCUT2D eigenvalue weighted by atomic mass is 32.1. The first-order valence-electron chi connectivity index (χ1n) is 20.3. The summed E-state index contributed by atoms with van der Waals surface area (Å²) in [6.45, 7) is 0. The van der Waals surface area contributed by atoms with Gasteiger partial charge in [-0.25, -0.2) is 0 Å². The SMILES string of the molecule is c1ccc(N(c2ccc3c(c2)C2(c4ccccc4Oc4ccccc42)c2ccccc2[Si]3(c2ccccc2)c2ccccc2)c2cccc3c2sc2ccccc23)cc1. The zero-order valence-electron chi connectivity index (χ0n) is 32.1. The molecular formula is C55H37NOSSi. The lowest BCUT2D eigenvalue weighted by Gasteiger charge is -2.51. The number of benzene rings is 9. The van der Waals surface area contributed by atoms with Crippen molar-refractivity contribution in [3.8, 4) is 11.5 Å². The van der Waals surface area contributed by atoms with E-state index in [1.807, 2.05) is 11.3 Å². The predicted molar refractivity (Wildman–Crippen MR) is 250 cm³/mol. The van der Waals surface area contributed by atoms with Crippen molar-refractivity contribution in [1.82, 2.24) is 0 Å². The summed E-state index contributed by atoms with van der Waals surface area (Å²) in [4.78, 5) is 2.48. The fourth-order valence-electron chi connectivity index (χ4n) is 10.4. The number of thiophene rings is 1. The van der Waals surface area contributed by atoms with Crippen molar-refractivity contribution in [2.75, 3.05) is 4.90 Å². The molecule has 0 N–H and O–H groups in total. The van der Waals surface area contributed by atoms with Gasteiger partial charge in [0.15, 0.2) is 8.07 Å². The molecule has 278 valence electrons. The van der Waals surface area contributed by atoms with Gasteiger partial charge >= 0.3 is 0 Å². The maximum absolute atomic E-state index is 6.85. The van der Waals surface area contributed by atoms with Gasteiger partial charge in [-0.3, -0.25) is 0 Å². The van der Waals surface area contributed by atoms with Gasteiger partial charge < -0.3 is 9.64 Å². The van der Waals surface area contributed by atoms with Crippen molar-refractivity contribution in [3.63, 3.8) is 0 Å². The van der Waals surface area contributed by atoms with Gasteiger partial charge in [0.05, 0.1) is 15.8 Å². The maximum Gasteiger partial charge on any atom is 0.180 e. The standard InChI is InChI=1S/C55H37NOSSi/c1-4-19-38(20-5-1)56(48-30-18-26-43-42-25-10-16-33-51(42)58-54(43)48)39-35-36-53-47(37-39)55(44-27-11-14-31-49(44)57-50-32-15-12-28-45(50)55)46-29-13-17-34-52(46)59(53,40-21-6-2-7-22-40)41-23-8-3-9-24-41/h1-37H. The van der Waals surface area contributed by atoms with Gasteiger partial charge in [0.1, 0.15) is 11.5 Å². The highest BCUT2D eigenvalue weighted by Gasteiger charge is 2.57. The molecule has 0 bridgehead atoms. The van der Waals surface area contributed by atoms with Crippen LogP contribution in [0.3, 0.4) is 0 Å². The van der Waals surface area contributed by atoms with Crippen LogP contribution in [0.15, 0.2) is 224 Å². The predicted octanol–water partition coefficient (Wildman–Crippen LogP) is 11.7. The Bertz CT molecular complexity index is 3130. The molecule has 1 aromatic heterocycles. The Balaban J connectivity index is 1.26. The Labute approximate surface area is 348 Å². The molecule has 0 radical (unpaired) electrons. The van der Waals surface area contributed by atoms with E-state index >= 15 is 0 Å². The van der Waals surface area contributed by atoms with Crippen LogP contribution in [-0.2, 0) is 5.41 Å². The largest absolute Gasteiger partial charge is 0.457 e. The molecule has 0 fully saturated rings. The summed E-state index contributed by atoms with van der Waals surface area (Å²) < 4.78 is 9.42. The quantitative estimate of drug-likeness (QED) is 0.161. The van der Waals surface area contributed by atoms with Crippen LogP contribution in [0.5, 0.6) is 11.5 Å². The highest BCUT2D eigenvalue weighted by Crippen LogP contribution is 2.57. The van der Waals surface area contributed by atoms with Gasteiger partial charge in [0, 0.05) is 38.0 Å². The minimum Gasteiger partial charge on any atom is -0.457 e. The summed E-state index contributed by atoms with van der Waals surface area (Å²) in [5, 5.41) is 8.09. The van der Waals surface area contributed by atoms with E-state index in [0.29, 0.717) is 0 Å². The van der Waals surface area contributed by atoms with Crippen LogP contribution >= 0.6 is 11.3 Å². The monoisotopic (exact) mass is 787 g/mol. The average molecular weight is 788 g/mol. The zero-order valence-corrected chi connectivity index (χ0v) is 33.9. The van der Waals surface area contributed by atoms with Crippen LogP contribution in [0.4, 0.5) is 17.1 Å². The molecule has 4 heteroatoms. The molecule has 1 spiro atoms. The third kappa shape index (κ3) is 4.79. The van der Waals surface area contributed by atoms with Crippen molar-refractivity contribution < 1.29 is 4.74 Å². The van der Waals surface area contributed by atoms with E-state index < -0.39 is 13.5 Å². The maximum atomic E-state index is 6.85. The third-order valence-electron chi connectivity index (χ3n) is 12.7. The number of hydrogen-bond acceptors (Lipinski definition) is 3. The minimum absolute atomic E-state index is 0.681. The number of rotatable bonds is 5. The van der Waals surface area contributed by atoms with Crippen LogP contribution in [0, 0.1) is 0 Å². The van der Waals surface area contributed by atoms with Crippen molar-refractivity contribution in [1.29, 1.82) is 0 Å². The Hall–Kier alpha value is -6.98. The van der Waals surface area contributed by atoms with Gasteiger partial charge in [-0.1, -0.05) is 176 Å². The number of anilines is 3. The second-order valence-electron chi connectivity index (χ2n) is 15.5. The minimum atomic E-state index is -2.97. The van der Waals surface area contributed by atoms with Gasteiger partial charge in [0.25, 0.3) is 0 Å². The van der Waals surface area contributed by atoms with Crippen molar-refractivity contribution in [2.45, 2.75) is 5.41 Å². The second-order valence-corrected chi connectivity index (χ2v) is 20.3. The van der Waals surface area contributed by atoms with E-state index in [0.717, 1.165) is 34.0 Å². The normalized spacial score (nSPS) is 14.2. The summed E-state index contributed by atoms with van der Waals surface area (Å²) in [7, 11) is -2.97. The Morgan fingerprint density at radius 2 is 0.949 bits per heavy atom. The summed E-state index contributed by atoms with van der Waals surface area (Å²) in [6.07, 6.45) is 0. The molecule has 9 aromatic carbocycles. The fourth-order valence-corrected chi connectivity index (χ4v) is 16.9. The molecule has 2 aliphatic heterocycles. The first-order chi connectivity index (χ1) is 29.3. The molecule has 59 heavy (non-hydrogen) atoms. The number of ether oxygens (including phenoxy) is 1. The lowest BCUT2D eigenvalue weighted by atomic mass is 9.63. The van der Waals surface area contributed by atoms with Gasteiger partial charge in [-0.2, -0.15) is 0 Å². The fraction of sp³-hybridized carbons (Fsp3) is 0.0182. The first-order valence-corrected chi connectivity index (χ1v) is 23.1. The lowest BCUT2D eigenvalue weighted by Crippen LogP contribution is -2.79. The molecule has 3 heterocycles. The molecule has 2 aliphatic rings. The summed E-state index contributed by atoms with van der Waals surface area (Å²) >= 11 is 1.87. The van der Waals surface area contributed by atoms with Crippen molar-refractivity contribution >= 4 is 77.4 Å². The van der Waals surface area contributed by atoms with Crippen molar-refractivity contribution in [3.05, 3.63) is 247 Å². The molecule has 0 amide bonds. The molecule has 0 atom stereocenters. The van der Waals surface area contributed by atoms with E-state index in [9.17, 15) is 0 Å². The van der Waals surface area contributed by atoms with Crippen molar-refractivity contribution in [2.24, 2.45) is 0 Å².